The monoisotopic (exact) mass is 320 g/mol. The van der Waals surface area contributed by atoms with Crippen LogP contribution in [0.4, 0.5) is 0 Å². The van der Waals surface area contributed by atoms with Gasteiger partial charge in [0.25, 0.3) is 0 Å². The number of allylic oxidation sites excluding steroid dienone is 7. The Balaban J connectivity index is 3.60. The van der Waals surface area contributed by atoms with Crippen LogP contribution in [0.3, 0.4) is 0 Å². The van der Waals surface area contributed by atoms with Crippen molar-refractivity contribution in [2.24, 2.45) is 0 Å². The lowest BCUT2D eigenvalue weighted by atomic mass is 10.1. The van der Waals surface area contributed by atoms with E-state index >= 15 is 0 Å². The maximum atomic E-state index is 10.3. The molecule has 0 aromatic carbocycles. The minimum atomic E-state index is -0.818. The Labute approximate surface area is 141 Å². The Morgan fingerprint density at radius 3 is 2.35 bits per heavy atom. The fraction of sp³-hybridized carbons (Fsp3) is 0.550. The van der Waals surface area contributed by atoms with Crippen molar-refractivity contribution < 1.29 is 15.0 Å². The molecule has 0 bridgehead atoms. The topological polar surface area (TPSA) is 57.5 Å². The van der Waals surface area contributed by atoms with E-state index in [0.29, 0.717) is 12.8 Å². The molecule has 0 aliphatic rings. The second-order valence-corrected chi connectivity index (χ2v) is 5.60. The molecule has 0 aromatic heterocycles. The van der Waals surface area contributed by atoms with Gasteiger partial charge in [-0.1, -0.05) is 68.4 Å². The summed E-state index contributed by atoms with van der Waals surface area (Å²) < 4.78 is 0. The minimum Gasteiger partial charge on any atom is -0.481 e. The van der Waals surface area contributed by atoms with Crippen LogP contribution < -0.4 is 0 Å². The Morgan fingerprint density at radius 1 is 0.913 bits per heavy atom. The van der Waals surface area contributed by atoms with Crippen LogP contribution in [0.15, 0.2) is 48.6 Å². The number of aliphatic carboxylic acids is 1. The Kier molecular flexibility index (Phi) is 15.6. The first kappa shape index (κ1) is 21.4. The zero-order valence-electron chi connectivity index (χ0n) is 14.4. The molecule has 3 nitrogen and oxygen atoms in total. The third-order valence-electron chi connectivity index (χ3n) is 3.33. The zero-order chi connectivity index (χ0) is 17.2. The molecule has 0 heterocycles. The molecule has 0 fully saturated rings. The van der Waals surface area contributed by atoms with Crippen LogP contribution in [-0.2, 0) is 4.79 Å². The number of unbranched alkanes of at least 4 members (excludes halogenated alkanes) is 4. The predicted molar refractivity (Wildman–Crippen MR) is 97.4 cm³/mol. The quantitative estimate of drug-likeness (QED) is 0.263. The smallest absolute Gasteiger partial charge is 0.303 e. The summed E-state index contributed by atoms with van der Waals surface area (Å²) in [6.07, 6.45) is 23.7. The summed E-state index contributed by atoms with van der Waals surface area (Å²) >= 11 is 0. The molecular weight excluding hydrogens is 288 g/mol. The summed E-state index contributed by atoms with van der Waals surface area (Å²) in [7, 11) is 0. The van der Waals surface area contributed by atoms with Crippen LogP contribution in [0.1, 0.15) is 64.7 Å². The van der Waals surface area contributed by atoms with Crippen LogP contribution in [0.25, 0.3) is 0 Å². The Hall–Kier alpha value is -1.61. The predicted octanol–water partition coefficient (Wildman–Crippen LogP) is 5.19. The first-order valence-corrected chi connectivity index (χ1v) is 8.71. The molecule has 0 saturated heterocycles. The van der Waals surface area contributed by atoms with Gasteiger partial charge in [0.1, 0.15) is 0 Å². The van der Waals surface area contributed by atoms with Crippen LogP contribution in [0.2, 0.25) is 0 Å². The molecule has 0 aliphatic heterocycles. The van der Waals surface area contributed by atoms with Gasteiger partial charge in [-0.05, 0) is 38.5 Å². The lowest BCUT2D eigenvalue weighted by Crippen LogP contribution is -2.03. The van der Waals surface area contributed by atoms with Crippen molar-refractivity contribution in [2.45, 2.75) is 70.8 Å². The van der Waals surface area contributed by atoms with Crippen LogP contribution in [0, 0.1) is 0 Å². The number of rotatable bonds is 14. The fourth-order valence-electron chi connectivity index (χ4n) is 1.99. The van der Waals surface area contributed by atoms with E-state index in [0.717, 1.165) is 12.8 Å². The molecule has 3 heteroatoms. The van der Waals surface area contributed by atoms with Gasteiger partial charge >= 0.3 is 5.97 Å². The third-order valence-corrected chi connectivity index (χ3v) is 3.33. The van der Waals surface area contributed by atoms with E-state index in [4.69, 9.17) is 5.11 Å². The molecule has 0 aromatic rings. The molecule has 0 spiro atoms. The number of hydrogen-bond acceptors (Lipinski definition) is 2. The van der Waals surface area contributed by atoms with Gasteiger partial charge in [0, 0.05) is 6.42 Å². The standard InChI is InChI=1S/C20H32O3/c1-2-3-4-5-6-7-8-9-10-11-12-13-14-16-19(21)17-15-18-20(22)23/h6-7,10-14,16,19,21H,2-5,8-9,15,17-18H2,1H3,(H,22,23). The second-order valence-electron chi connectivity index (χ2n) is 5.60. The Bertz CT molecular complexity index is 392. The molecule has 0 amide bonds. The van der Waals surface area contributed by atoms with E-state index in [9.17, 15) is 9.90 Å². The Morgan fingerprint density at radius 2 is 1.61 bits per heavy atom. The fourth-order valence-corrected chi connectivity index (χ4v) is 1.99. The lowest BCUT2D eigenvalue weighted by molar-refractivity contribution is -0.137. The highest BCUT2D eigenvalue weighted by atomic mass is 16.4. The second kappa shape index (κ2) is 16.8. The number of hydrogen-bond donors (Lipinski definition) is 2. The van der Waals surface area contributed by atoms with Crippen LogP contribution in [0.5, 0.6) is 0 Å². The van der Waals surface area contributed by atoms with E-state index in [2.05, 4.69) is 25.2 Å². The van der Waals surface area contributed by atoms with Crippen molar-refractivity contribution >= 4 is 5.97 Å². The first-order valence-electron chi connectivity index (χ1n) is 8.71. The molecule has 23 heavy (non-hydrogen) atoms. The van der Waals surface area contributed by atoms with E-state index < -0.39 is 12.1 Å². The molecule has 0 saturated carbocycles. The molecule has 2 N–H and O–H groups in total. The van der Waals surface area contributed by atoms with Gasteiger partial charge in [0.2, 0.25) is 0 Å². The number of carboxylic acid groups (broad SMARTS) is 1. The summed E-state index contributed by atoms with van der Waals surface area (Å²) in [5, 5.41) is 18.1. The van der Waals surface area contributed by atoms with Crippen LogP contribution >= 0.6 is 0 Å². The summed E-state index contributed by atoms with van der Waals surface area (Å²) in [6.45, 7) is 2.22. The minimum absolute atomic E-state index is 0.108. The SMILES string of the molecule is CCCCCC=CCCC=CC=CC=CC(O)CCCC(=O)O. The van der Waals surface area contributed by atoms with Crippen molar-refractivity contribution in [3.05, 3.63) is 48.6 Å². The molecule has 1 atom stereocenters. The van der Waals surface area contributed by atoms with Crippen molar-refractivity contribution in [1.29, 1.82) is 0 Å². The normalized spacial score (nSPS) is 13.8. The lowest BCUT2D eigenvalue weighted by Gasteiger charge is -2.02. The largest absolute Gasteiger partial charge is 0.481 e. The van der Waals surface area contributed by atoms with E-state index in [1.54, 1.807) is 12.2 Å². The van der Waals surface area contributed by atoms with Gasteiger partial charge in [0.15, 0.2) is 0 Å². The van der Waals surface area contributed by atoms with Gasteiger partial charge in [-0.25, -0.2) is 0 Å². The highest BCUT2D eigenvalue weighted by Gasteiger charge is 2.01. The maximum absolute atomic E-state index is 10.3. The number of carboxylic acids is 1. The van der Waals surface area contributed by atoms with E-state index in [1.165, 1.54) is 25.7 Å². The first-order chi connectivity index (χ1) is 11.2. The van der Waals surface area contributed by atoms with Gasteiger partial charge in [-0.15, -0.1) is 0 Å². The number of carbonyl (C=O) groups is 1. The van der Waals surface area contributed by atoms with Gasteiger partial charge in [0.05, 0.1) is 6.10 Å². The molecule has 1 unspecified atom stereocenters. The summed E-state index contributed by atoms with van der Waals surface area (Å²) in [5.41, 5.74) is 0. The summed E-state index contributed by atoms with van der Waals surface area (Å²) in [4.78, 5) is 10.3. The number of aliphatic hydroxyl groups excluding tert-OH is 1. The molecule has 0 radical (unpaired) electrons. The summed E-state index contributed by atoms with van der Waals surface area (Å²) in [5.74, 6) is -0.818. The highest BCUT2D eigenvalue weighted by molar-refractivity contribution is 5.66. The van der Waals surface area contributed by atoms with Gasteiger partial charge in [-0.2, -0.15) is 0 Å². The number of aliphatic hydroxyl groups is 1. The highest BCUT2D eigenvalue weighted by Crippen LogP contribution is 2.03. The maximum Gasteiger partial charge on any atom is 0.303 e. The van der Waals surface area contributed by atoms with Crippen molar-refractivity contribution in [3.63, 3.8) is 0 Å². The van der Waals surface area contributed by atoms with Crippen LogP contribution in [-0.4, -0.2) is 22.3 Å². The molecular formula is C20H32O3. The van der Waals surface area contributed by atoms with E-state index in [-0.39, 0.29) is 6.42 Å². The summed E-state index contributed by atoms with van der Waals surface area (Å²) in [6, 6.07) is 0. The molecule has 0 aliphatic carbocycles. The molecule has 130 valence electrons. The average Bonchev–Trinajstić information content (AvgIpc) is 2.51. The average molecular weight is 320 g/mol. The zero-order valence-corrected chi connectivity index (χ0v) is 14.4. The third kappa shape index (κ3) is 18.3. The van der Waals surface area contributed by atoms with Crippen molar-refractivity contribution in [3.8, 4) is 0 Å². The van der Waals surface area contributed by atoms with E-state index in [1.807, 2.05) is 18.2 Å². The van der Waals surface area contributed by atoms with Gasteiger partial charge in [-0.3, -0.25) is 4.79 Å². The van der Waals surface area contributed by atoms with Gasteiger partial charge < -0.3 is 10.2 Å². The molecule has 0 rings (SSSR count). The van der Waals surface area contributed by atoms with Crippen molar-refractivity contribution in [2.75, 3.05) is 0 Å². The van der Waals surface area contributed by atoms with Crippen molar-refractivity contribution in [1.82, 2.24) is 0 Å².